The van der Waals surface area contributed by atoms with E-state index in [0.29, 0.717) is 56.4 Å². The van der Waals surface area contributed by atoms with Crippen LogP contribution in [-0.2, 0) is 68.7 Å². The van der Waals surface area contributed by atoms with Crippen molar-refractivity contribution in [2.45, 2.75) is 189 Å². The summed E-state index contributed by atoms with van der Waals surface area (Å²) in [5.74, 6) is -7.34. The fourth-order valence-electron chi connectivity index (χ4n) is 15.3. The summed E-state index contributed by atoms with van der Waals surface area (Å²) < 4.78 is 32.3. The van der Waals surface area contributed by atoms with Crippen LogP contribution in [0.4, 0.5) is 0 Å². The Hall–Kier alpha value is -6.24. The first kappa shape index (κ1) is 77.5. The van der Waals surface area contributed by atoms with Gasteiger partial charge >= 0.3 is 7.82 Å². The number of carbonyl (C=O) groups excluding carboxylic acids is 7. The molecule has 31 heteroatoms. The zero-order chi connectivity index (χ0) is 66.7. The second-order valence-corrected chi connectivity index (χ2v) is 28.4. The van der Waals surface area contributed by atoms with Gasteiger partial charge in [0.15, 0.2) is 6.23 Å². The first-order valence-corrected chi connectivity index (χ1v) is 32.0. The van der Waals surface area contributed by atoms with Gasteiger partial charge in [0.2, 0.25) is 41.4 Å². The van der Waals surface area contributed by atoms with Crippen molar-refractivity contribution in [3.63, 3.8) is 0 Å². The summed E-state index contributed by atoms with van der Waals surface area (Å²) in [6.45, 7) is 19.1. The van der Waals surface area contributed by atoms with Gasteiger partial charge in [0.1, 0.15) is 18.3 Å². The van der Waals surface area contributed by atoms with Crippen LogP contribution in [0.1, 0.15) is 150 Å². The molecule has 28 nitrogen and oxygen atoms in total. The number of aliphatic hydroxyl groups is 2. The van der Waals surface area contributed by atoms with Crippen molar-refractivity contribution in [2.24, 2.45) is 94.7 Å². The number of ether oxygens (including phenoxy) is 1. The van der Waals surface area contributed by atoms with Gasteiger partial charge in [0.25, 0.3) is 0 Å². The quantitative estimate of drug-likeness (QED) is 0.0602. The van der Waals surface area contributed by atoms with Crippen molar-refractivity contribution < 1.29 is 89.3 Å². The Morgan fingerprint density at radius 2 is 1.37 bits per heavy atom. The molecule has 15 atom stereocenters. The molecule has 8 rings (SSSR count). The minimum absolute atomic E-state index is 0. The summed E-state index contributed by atoms with van der Waals surface area (Å²) in [5, 5.41) is 30.2. The number of fused-ring (bicyclic) bond motifs is 7. The molecule has 1 aromatic heterocycles. The molecule has 6 aliphatic heterocycles. The number of allylic oxidation sites excluding steroid dienone is 6. The van der Waals surface area contributed by atoms with Crippen LogP contribution in [0.15, 0.2) is 67.8 Å². The SMILES string of the molecule is C/C1=C2/[N-][C@H]([C@H](CC(N)=O)[C@@]2(C)CCC(=O)NC[C@@H](C)OP(=O)(O)O[C@H]2[C@@H](O)[C@@H](n3cnc4cc(C)c(C)cc43)O[C@@H]2CO)[C@]2(C)N=C(/C(C)=C3N=C(/C=C4N=C1[C@@H](CCC(N)=O)C\4(C)C)[C@@H](CCC(N)=O)[C@]\3(C)CC(N)=O)[C@@H](CCC(N)=O)[C@]2(C)CC(N)=O.Cl.O.[Co]. The average molecular weight is 1380 g/mol. The Morgan fingerprint density at radius 1 is 0.785 bits per heavy atom. The Morgan fingerprint density at radius 3 is 1.94 bits per heavy atom. The molecule has 93 heavy (non-hydrogen) atoms. The van der Waals surface area contributed by atoms with Crippen LogP contribution in [0.3, 0.4) is 0 Å². The van der Waals surface area contributed by atoms with Gasteiger partial charge in [-0.3, -0.25) is 57.6 Å². The smallest absolute Gasteiger partial charge is 0.472 e. The number of rotatable bonds is 26. The number of aliphatic hydroxyl groups excluding tert-OH is 2. The van der Waals surface area contributed by atoms with Crippen molar-refractivity contribution in [1.82, 2.24) is 14.9 Å². The first-order chi connectivity index (χ1) is 41.8. The van der Waals surface area contributed by atoms with Gasteiger partial charge in [-0.05, 0) is 119 Å². The van der Waals surface area contributed by atoms with Crippen molar-refractivity contribution in [3.05, 3.63) is 69.2 Å². The molecule has 2 fully saturated rings. The van der Waals surface area contributed by atoms with E-state index in [1.54, 1.807) is 11.5 Å². The number of nitrogens with zero attached hydrogens (tertiary/aromatic N) is 6. The van der Waals surface area contributed by atoms with E-state index in [-0.39, 0.29) is 112 Å². The molecule has 1 aromatic carbocycles. The molecule has 1 radical (unpaired) electrons. The number of aromatic nitrogens is 2. The van der Waals surface area contributed by atoms with Crippen LogP contribution < -0.4 is 39.7 Å². The van der Waals surface area contributed by atoms with Crippen molar-refractivity contribution in [3.8, 4) is 0 Å². The zero-order valence-electron chi connectivity index (χ0n) is 54.4. The molecule has 0 aliphatic carbocycles. The molecule has 18 N–H and O–H groups in total. The van der Waals surface area contributed by atoms with Gasteiger partial charge in [-0.25, -0.2) is 9.55 Å². The molecule has 2 aromatic rings. The van der Waals surface area contributed by atoms with Crippen LogP contribution in [-0.4, -0.2) is 138 Å². The third kappa shape index (κ3) is 14.9. The number of nitrogens with one attached hydrogen (secondary N) is 1. The largest absolute Gasteiger partial charge is 0.682 e. The number of aryl methyl sites for hydroxylation is 2. The van der Waals surface area contributed by atoms with E-state index in [1.165, 1.54) is 13.3 Å². The van der Waals surface area contributed by atoms with Crippen LogP contribution in [0.5, 0.6) is 0 Å². The molecule has 6 aliphatic rings. The summed E-state index contributed by atoms with van der Waals surface area (Å²) in [6, 6.07) is 2.68. The van der Waals surface area contributed by atoms with E-state index in [0.717, 1.165) is 11.1 Å². The van der Waals surface area contributed by atoms with Crippen LogP contribution in [0.2, 0.25) is 0 Å². The van der Waals surface area contributed by atoms with Crippen LogP contribution in [0.25, 0.3) is 16.4 Å². The molecule has 8 bridgehead atoms. The van der Waals surface area contributed by atoms with E-state index in [9.17, 15) is 53.2 Å². The van der Waals surface area contributed by atoms with E-state index in [4.69, 9.17) is 68.5 Å². The Labute approximate surface area is 557 Å². The van der Waals surface area contributed by atoms with Crippen molar-refractivity contribution >= 4 is 89.7 Å². The minimum atomic E-state index is -5.07. The van der Waals surface area contributed by atoms with Crippen LogP contribution >= 0.6 is 20.2 Å². The predicted molar refractivity (Wildman–Crippen MR) is 345 cm³/mol. The molecule has 2 saturated heterocycles. The van der Waals surface area contributed by atoms with Gasteiger partial charge in [-0.2, -0.15) is 5.70 Å². The van der Waals surface area contributed by atoms with E-state index < -0.39 is 143 Å². The number of primary amides is 6. The summed E-state index contributed by atoms with van der Waals surface area (Å²) in [4.78, 5) is 125. The van der Waals surface area contributed by atoms with E-state index in [2.05, 4.69) is 10.3 Å². The van der Waals surface area contributed by atoms with E-state index in [1.807, 2.05) is 80.5 Å². The number of hydrogen-bond acceptors (Lipinski definition) is 17. The molecule has 7 heterocycles. The Balaban J connectivity index is 0.00000523. The van der Waals surface area contributed by atoms with Gasteiger partial charge in [-0.1, -0.05) is 40.7 Å². The normalized spacial score (nSPS) is 33.1. The maximum Gasteiger partial charge on any atom is 0.472 e. The maximum absolute atomic E-state index is 14.4. The number of phosphoric ester groups is 1. The molecule has 0 spiro atoms. The Kier molecular flexibility index (Phi) is 24.2. The molecule has 517 valence electrons. The second kappa shape index (κ2) is 29.0. The number of carbonyl (C=O) groups is 7. The van der Waals surface area contributed by atoms with Gasteiger partial charge in [-0.15, -0.1) is 12.4 Å². The number of phosphoric acid groups is 1. The standard InChI is InChI=1S/C62H90N13O14P.ClH.Co.H2O/c1-29-20-39-40(21-30(29)2)75(28-70-39)57-52(84)53(41(27-76)87-57)89-90(85,86)88-31(3)26-69-49(83)18-19-59(8)37(22-46(66)80)56-62(11)61(10,25-48(68)82)36(14-17-45(65)79)51(74-62)33(5)55-60(9,24-47(67)81)34(12-15-43(63)77)38(71-55)23-42-58(6,7)35(13-16-44(64)78)50(72-42)32(4)54(59)73-56;;;/h20-21,23,28,31,34-37,41,52-53,56-57,76,84H,12-19,22,24-27H2,1-11H3,(H15,63,64,65,66,67,68,69,71,72,73,74,77,78,79,80,81,82,83,85,86);1H;;1H2/p-1/t31-,34-,35-,36-,37+,41-,52-,53-,56-,57+,59-,60+,61+,62+;;;/m1.../s1. The van der Waals surface area contributed by atoms with Gasteiger partial charge < -0.3 is 74.9 Å². The Bertz CT molecular complexity index is 3550. The number of halogens is 1. The third-order valence-corrected chi connectivity index (χ3v) is 21.6. The molecule has 7 amide bonds. The third-order valence-electron chi connectivity index (χ3n) is 20.5. The summed E-state index contributed by atoms with van der Waals surface area (Å²) in [7, 11) is -5.07. The summed E-state index contributed by atoms with van der Waals surface area (Å²) in [6.07, 6.45) is -4.47. The fraction of sp³-hybridized carbons (Fsp3) is 0.629. The maximum atomic E-state index is 14.4. The number of aliphatic imine (C=N–C) groups is 3. The number of imidazole rings is 1. The summed E-state index contributed by atoms with van der Waals surface area (Å²) in [5.41, 5.74) is 36.8. The predicted octanol–water partition coefficient (Wildman–Crippen LogP) is 3.54. The average Bonchev–Trinajstić information content (AvgIpc) is 1.53. The number of benzene rings is 1. The fourth-order valence-corrected chi connectivity index (χ4v) is 16.5. The van der Waals surface area contributed by atoms with Crippen molar-refractivity contribution in [2.75, 3.05) is 13.2 Å². The molecular formula is C62H92ClCoN13O15P-. The van der Waals surface area contributed by atoms with Crippen LogP contribution in [0, 0.1) is 59.2 Å². The molecule has 0 saturated carbocycles. The van der Waals surface area contributed by atoms with Crippen molar-refractivity contribution in [1.29, 1.82) is 0 Å². The van der Waals surface area contributed by atoms with E-state index >= 15 is 0 Å². The first-order valence-electron chi connectivity index (χ1n) is 30.5. The zero-order valence-corrected chi connectivity index (χ0v) is 57.2. The number of amides is 7. The topological polar surface area (TPSA) is 494 Å². The minimum Gasteiger partial charge on any atom is -0.682 e. The molecular weight excluding hydrogens is 1290 g/mol. The monoisotopic (exact) mass is 1380 g/mol. The molecule has 1 unspecified atom stereocenters. The summed E-state index contributed by atoms with van der Waals surface area (Å²) >= 11 is 0. The number of nitrogens with two attached hydrogens (primary N) is 6. The van der Waals surface area contributed by atoms with Gasteiger partial charge in [0.05, 0.1) is 41.3 Å². The number of hydrogen-bond donors (Lipinski definition) is 10. The van der Waals surface area contributed by atoms with Gasteiger partial charge in [0, 0.05) is 125 Å². The second-order valence-electron chi connectivity index (χ2n) is 27.0.